The van der Waals surface area contributed by atoms with E-state index in [4.69, 9.17) is 14.2 Å². The quantitative estimate of drug-likeness (QED) is 0.779. The highest BCUT2D eigenvalue weighted by Crippen LogP contribution is 2.29. The van der Waals surface area contributed by atoms with Crippen molar-refractivity contribution in [2.75, 3.05) is 27.4 Å². The van der Waals surface area contributed by atoms with Gasteiger partial charge in [-0.05, 0) is 25.0 Å². The zero-order valence-corrected chi connectivity index (χ0v) is 13.7. The maximum Gasteiger partial charge on any atom is 0.338 e. The predicted octanol–water partition coefficient (Wildman–Crippen LogP) is 1.94. The molecule has 0 heterocycles. The highest BCUT2D eigenvalue weighted by molar-refractivity contribution is 5.92. The summed E-state index contributed by atoms with van der Waals surface area (Å²) in [6, 6.07) is 3.12. The van der Waals surface area contributed by atoms with Crippen LogP contribution in [0, 0.1) is 12.8 Å². The second kappa shape index (κ2) is 8.26. The van der Waals surface area contributed by atoms with Crippen LogP contribution in [0.4, 0.5) is 0 Å². The van der Waals surface area contributed by atoms with Gasteiger partial charge in [0.1, 0.15) is 11.5 Å². The topological polar surface area (TPSA) is 73.9 Å². The van der Waals surface area contributed by atoms with E-state index in [1.807, 2.05) is 20.8 Å². The van der Waals surface area contributed by atoms with E-state index < -0.39 is 5.97 Å². The second-order valence-corrected chi connectivity index (χ2v) is 5.28. The standard InChI is InChI=1S/C16H23NO5/c1-10(2)8-17-15(18)9-22-16(19)12-6-13(20-4)11(3)14(7-12)21-5/h6-7,10H,8-9H2,1-5H3,(H,17,18). The minimum Gasteiger partial charge on any atom is -0.496 e. The molecule has 0 saturated carbocycles. The van der Waals surface area contributed by atoms with Crippen molar-refractivity contribution in [3.05, 3.63) is 23.3 Å². The Morgan fingerprint density at radius 2 is 1.68 bits per heavy atom. The minimum absolute atomic E-state index is 0.274. The summed E-state index contributed by atoms with van der Waals surface area (Å²) in [5.74, 6) is 0.459. The van der Waals surface area contributed by atoms with Crippen LogP contribution in [0.25, 0.3) is 0 Å². The molecule has 0 atom stereocenters. The Kier molecular flexibility index (Phi) is 6.69. The van der Waals surface area contributed by atoms with Crippen LogP contribution >= 0.6 is 0 Å². The number of amides is 1. The van der Waals surface area contributed by atoms with Crippen LogP contribution < -0.4 is 14.8 Å². The van der Waals surface area contributed by atoms with Crippen molar-refractivity contribution in [2.24, 2.45) is 5.92 Å². The lowest BCUT2D eigenvalue weighted by Gasteiger charge is -2.12. The number of methoxy groups -OCH3 is 2. The van der Waals surface area contributed by atoms with E-state index >= 15 is 0 Å². The largest absolute Gasteiger partial charge is 0.496 e. The number of hydrogen-bond acceptors (Lipinski definition) is 5. The summed E-state index contributed by atoms with van der Waals surface area (Å²) < 4.78 is 15.4. The van der Waals surface area contributed by atoms with Crippen molar-refractivity contribution >= 4 is 11.9 Å². The molecular formula is C16H23NO5. The number of esters is 1. The van der Waals surface area contributed by atoms with E-state index in [2.05, 4.69) is 5.32 Å². The SMILES string of the molecule is COc1cc(C(=O)OCC(=O)NCC(C)C)cc(OC)c1C. The van der Waals surface area contributed by atoms with Gasteiger partial charge in [-0.1, -0.05) is 13.8 Å². The third-order valence-electron chi connectivity index (χ3n) is 3.03. The molecule has 1 aromatic rings. The molecule has 22 heavy (non-hydrogen) atoms. The molecule has 0 aliphatic heterocycles. The molecule has 0 unspecified atom stereocenters. The molecule has 6 heteroatoms. The number of nitrogens with one attached hydrogen (secondary N) is 1. The summed E-state index contributed by atoms with van der Waals surface area (Å²) in [6.45, 7) is 6.02. The summed E-state index contributed by atoms with van der Waals surface area (Å²) in [5, 5.41) is 2.68. The predicted molar refractivity (Wildman–Crippen MR) is 82.4 cm³/mol. The summed E-state index contributed by atoms with van der Waals surface area (Å²) in [4.78, 5) is 23.6. The molecule has 0 bridgehead atoms. The van der Waals surface area contributed by atoms with E-state index in [1.54, 1.807) is 12.1 Å². The van der Waals surface area contributed by atoms with Gasteiger partial charge in [-0.2, -0.15) is 0 Å². The maximum atomic E-state index is 12.0. The van der Waals surface area contributed by atoms with Crippen LogP contribution in [0.2, 0.25) is 0 Å². The Morgan fingerprint density at radius 3 is 2.14 bits per heavy atom. The lowest BCUT2D eigenvalue weighted by molar-refractivity contribution is -0.124. The highest BCUT2D eigenvalue weighted by atomic mass is 16.5. The van der Waals surface area contributed by atoms with Crippen molar-refractivity contribution in [2.45, 2.75) is 20.8 Å². The van der Waals surface area contributed by atoms with Crippen molar-refractivity contribution in [3.8, 4) is 11.5 Å². The molecule has 1 N–H and O–H groups in total. The van der Waals surface area contributed by atoms with E-state index in [0.29, 0.717) is 24.0 Å². The van der Waals surface area contributed by atoms with Crippen molar-refractivity contribution in [1.29, 1.82) is 0 Å². The van der Waals surface area contributed by atoms with E-state index in [1.165, 1.54) is 14.2 Å². The molecule has 1 rings (SSSR count). The molecule has 0 spiro atoms. The van der Waals surface area contributed by atoms with E-state index in [-0.39, 0.29) is 18.1 Å². The minimum atomic E-state index is -0.601. The van der Waals surface area contributed by atoms with E-state index in [9.17, 15) is 9.59 Å². The molecule has 0 aliphatic carbocycles. The molecule has 0 fully saturated rings. The van der Waals surface area contributed by atoms with Gasteiger partial charge in [-0.15, -0.1) is 0 Å². The van der Waals surface area contributed by atoms with Gasteiger partial charge in [0, 0.05) is 12.1 Å². The first-order chi connectivity index (χ1) is 10.4. The Labute approximate surface area is 130 Å². The molecule has 1 amide bonds. The number of hydrogen-bond donors (Lipinski definition) is 1. The van der Waals surface area contributed by atoms with Crippen LogP contribution in [0.15, 0.2) is 12.1 Å². The van der Waals surface area contributed by atoms with Crippen LogP contribution in [0.5, 0.6) is 11.5 Å². The molecule has 0 aromatic heterocycles. The lowest BCUT2D eigenvalue weighted by atomic mass is 10.1. The van der Waals surface area contributed by atoms with Gasteiger partial charge in [0.15, 0.2) is 6.61 Å². The lowest BCUT2D eigenvalue weighted by Crippen LogP contribution is -2.31. The van der Waals surface area contributed by atoms with Crippen LogP contribution in [0.1, 0.15) is 29.8 Å². The first kappa shape index (κ1) is 17.8. The van der Waals surface area contributed by atoms with Crippen LogP contribution in [-0.2, 0) is 9.53 Å². The van der Waals surface area contributed by atoms with Gasteiger partial charge in [0.2, 0.25) is 0 Å². The molecule has 1 aromatic carbocycles. The molecule has 6 nitrogen and oxygen atoms in total. The third-order valence-corrected chi connectivity index (χ3v) is 3.03. The van der Waals surface area contributed by atoms with Crippen molar-refractivity contribution in [3.63, 3.8) is 0 Å². The smallest absolute Gasteiger partial charge is 0.338 e. The van der Waals surface area contributed by atoms with Gasteiger partial charge in [0.25, 0.3) is 5.91 Å². The molecule has 0 saturated heterocycles. The first-order valence-electron chi connectivity index (χ1n) is 7.05. The van der Waals surface area contributed by atoms with Gasteiger partial charge >= 0.3 is 5.97 Å². The molecule has 0 aliphatic rings. The average molecular weight is 309 g/mol. The summed E-state index contributed by atoms with van der Waals surface area (Å²) in [6.07, 6.45) is 0. The van der Waals surface area contributed by atoms with Crippen molar-refractivity contribution in [1.82, 2.24) is 5.32 Å². The van der Waals surface area contributed by atoms with Gasteiger partial charge in [-0.3, -0.25) is 4.79 Å². The van der Waals surface area contributed by atoms with E-state index in [0.717, 1.165) is 5.56 Å². The Morgan fingerprint density at radius 1 is 1.14 bits per heavy atom. The van der Waals surface area contributed by atoms with Crippen LogP contribution in [-0.4, -0.2) is 39.2 Å². The maximum absolute atomic E-state index is 12.0. The first-order valence-corrected chi connectivity index (χ1v) is 7.05. The second-order valence-electron chi connectivity index (χ2n) is 5.28. The summed E-state index contributed by atoms with van der Waals surface area (Å²) >= 11 is 0. The summed E-state index contributed by atoms with van der Waals surface area (Å²) in [7, 11) is 3.02. The fourth-order valence-electron chi connectivity index (χ4n) is 1.79. The highest BCUT2D eigenvalue weighted by Gasteiger charge is 2.15. The van der Waals surface area contributed by atoms with Crippen LogP contribution in [0.3, 0.4) is 0 Å². The van der Waals surface area contributed by atoms with Crippen molar-refractivity contribution < 1.29 is 23.8 Å². The molecular weight excluding hydrogens is 286 g/mol. The van der Waals surface area contributed by atoms with Gasteiger partial charge in [-0.25, -0.2) is 4.79 Å². The molecule has 0 radical (unpaired) electrons. The summed E-state index contributed by atoms with van der Waals surface area (Å²) in [5.41, 5.74) is 1.06. The number of ether oxygens (including phenoxy) is 3. The monoisotopic (exact) mass is 309 g/mol. The normalized spacial score (nSPS) is 10.3. The Balaban J connectivity index is 2.71. The molecule has 122 valence electrons. The number of carbonyl (C=O) groups excluding carboxylic acids is 2. The fraction of sp³-hybridized carbons (Fsp3) is 0.500. The van der Waals surface area contributed by atoms with Gasteiger partial charge < -0.3 is 19.5 Å². The number of benzene rings is 1. The fourth-order valence-corrected chi connectivity index (χ4v) is 1.79. The number of carbonyl (C=O) groups is 2. The third kappa shape index (κ3) is 4.95. The Hall–Kier alpha value is -2.24. The van der Waals surface area contributed by atoms with Gasteiger partial charge in [0.05, 0.1) is 19.8 Å². The zero-order chi connectivity index (χ0) is 16.7. The Bertz CT molecular complexity index is 514. The zero-order valence-electron chi connectivity index (χ0n) is 13.7. The number of rotatable bonds is 7. The average Bonchev–Trinajstić information content (AvgIpc) is 2.50.